The maximum Gasteiger partial charge on any atom is 0.348 e. The van der Waals surface area contributed by atoms with E-state index in [1.165, 1.54) is 0 Å². The molecule has 1 unspecified atom stereocenters. The topological polar surface area (TPSA) is 170 Å². The van der Waals surface area contributed by atoms with E-state index in [0.29, 0.717) is 5.82 Å². The Bertz CT molecular complexity index is 374. The Balaban J connectivity index is 0. The van der Waals surface area contributed by atoms with Gasteiger partial charge in [-0.1, -0.05) is 13.2 Å². The van der Waals surface area contributed by atoms with Crippen LogP contribution in [0.15, 0.2) is 24.8 Å². The molecule has 16 heavy (non-hydrogen) atoms. The van der Waals surface area contributed by atoms with Crippen LogP contribution in [-0.2, 0) is 18.0 Å². The van der Waals surface area contributed by atoms with Gasteiger partial charge in [0.25, 0.3) is 0 Å². The van der Waals surface area contributed by atoms with Crippen molar-refractivity contribution in [2.75, 3.05) is 0 Å². The van der Waals surface area contributed by atoms with Crippen molar-refractivity contribution in [3.05, 3.63) is 24.8 Å². The third-order valence-corrected chi connectivity index (χ3v) is 3.31. The zero-order chi connectivity index (χ0) is 13.6. The second-order valence-electron chi connectivity index (χ2n) is 2.02. The predicted octanol–water partition coefficient (Wildman–Crippen LogP) is -1.16. The van der Waals surface area contributed by atoms with Crippen LogP contribution in [0.1, 0.15) is 0 Å². The van der Waals surface area contributed by atoms with Gasteiger partial charge >= 0.3 is 7.60 Å². The summed E-state index contributed by atoms with van der Waals surface area (Å²) < 4.78 is 32.4. The van der Waals surface area contributed by atoms with E-state index in [4.69, 9.17) is 9.79 Å². The summed E-state index contributed by atoms with van der Waals surface area (Å²) in [5, 5.41) is 0. The number of phosphoric acid groups is 1. The van der Waals surface area contributed by atoms with Crippen molar-refractivity contribution in [3.63, 3.8) is 0 Å². The van der Waals surface area contributed by atoms with Gasteiger partial charge in [0.15, 0.2) is 7.60 Å². The highest BCUT2D eigenvalue weighted by Crippen LogP contribution is 2.49. The zero-order valence-electron chi connectivity index (χ0n) is 7.66. The van der Waals surface area contributed by atoms with E-state index in [-0.39, 0.29) is 5.82 Å². The van der Waals surface area contributed by atoms with Gasteiger partial charge in [-0.25, -0.2) is 0 Å². The van der Waals surface area contributed by atoms with Crippen LogP contribution in [0.25, 0.3) is 0 Å². The molecule has 0 aromatic carbocycles. The summed E-state index contributed by atoms with van der Waals surface area (Å²) in [7, 11) is -14.0. The molecule has 0 amide bonds. The fraction of sp³-hybridized carbons (Fsp3) is 0. The van der Waals surface area contributed by atoms with Gasteiger partial charge in [-0.3, -0.25) is 4.57 Å². The van der Waals surface area contributed by atoms with Crippen molar-refractivity contribution in [2.45, 2.75) is 0 Å². The molecule has 0 heterocycles. The summed E-state index contributed by atoms with van der Waals surface area (Å²) in [5.41, 5.74) is 0. The molecule has 0 radical (unpaired) electrons. The van der Waals surface area contributed by atoms with Crippen molar-refractivity contribution >= 4 is 23.0 Å². The lowest BCUT2D eigenvalue weighted by atomic mass is 11.3. The van der Waals surface area contributed by atoms with Crippen LogP contribution in [0, 0.1) is 0 Å². The quantitative estimate of drug-likeness (QED) is 0.606. The minimum atomic E-state index is -5.45. The molecule has 0 saturated heterocycles. The first kappa shape index (κ1) is 18.3. The summed E-state index contributed by atoms with van der Waals surface area (Å²) in [6.45, 7) is 5.59. The van der Waals surface area contributed by atoms with Gasteiger partial charge in [0.1, 0.15) is 0 Å². The highest BCUT2D eigenvalue weighted by molar-refractivity contribution is 7.63. The molecule has 0 aliphatic carbocycles. The largest absolute Gasteiger partial charge is 0.790 e. The van der Waals surface area contributed by atoms with Crippen molar-refractivity contribution in [3.8, 4) is 0 Å². The van der Waals surface area contributed by atoms with Crippen LogP contribution in [0.5, 0.6) is 0 Å². The second-order valence-corrected chi connectivity index (χ2v) is 6.56. The van der Waals surface area contributed by atoms with Crippen LogP contribution in [0.3, 0.4) is 0 Å². The number of rotatable bonds is 4. The molecule has 0 aliphatic heterocycles. The van der Waals surface area contributed by atoms with Gasteiger partial charge in [0, 0.05) is 5.82 Å². The van der Waals surface area contributed by atoms with Gasteiger partial charge in [-0.15, -0.1) is 0 Å². The molecule has 0 spiro atoms. The van der Waals surface area contributed by atoms with E-state index >= 15 is 0 Å². The first-order valence-corrected chi connectivity index (χ1v) is 7.95. The van der Waals surface area contributed by atoms with E-state index in [1.54, 1.807) is 0 Å². The molecule has 0 aromatic heterocycles. The standard InChI is InChI=1S/C2H6O6P2.C2H5O3P/c1-2-9(3,4)8-10(5,6)7;1-2-6(3,4)5/h2H,1H2,(H,3,4)(H2,5,6,7);2H,1H2,(H2,3,4,5)/p-3. The smallest absolute Gasteiger partial charge is 0.348 e. The van der Waals surface area contributed by atoms with E-state index in [2.05, 4.69) is 17.5 Å². The minimum Gasteiger partial charge on any atom is -0.790 e. The zero-order valence-corrected chi connectivity index (χ0v) is 10.3. The van der Waals surface area contributed by atoms with Gasteiger partial charge in [0.2, 0.25) is 0 Å². The summed E-state index contributed by atoms with van der Waals surface area (Å²) in [4.78, 5) is 45.0. The van der Waals surface area contributed by atoms with E-state index in [0.717, 1.165) is 0 Å². The fourth-order valence-corrected chi connectivity index (χ4v) is 1.55. The molecule has 9 nitrogen and oxygen atoms in total. The van der Waals surface area contributed by atoms with Gasteiger partial charge in [-0.05, 0) is 5.82 Å². The number of hydrogen-bond donors (Lipinski definition) is 2. The Morgan fingerprint density at radius 2 is 1.31 bits per heavy atom. The third-order valence-electron chi connectivity index (χ3n) is 0.675. The van der Waals surface area contributed by atoms with Gasteiger partial charge < -0.3 is 37.9 Å². The lowest BCUT2D eigenvalue weighted by Crippen LogP contribution is -2.17. The fourth-order valence-electron chi connectivity index (χ4n) is 0.173. The van der Waals surface area contributed by atoms with Crippen LogP contribution in [0.2, 0.25) is 0 Å². The minimum absolute atomic E-state index is 0.245. The Hall–Kier alpha value is -0.0700. The maximum absolute atomic E-state index is 10.1. The van der Waals surface area contributed by atoms with Crippen molar-refractivity contribution in [2.24, 2.45) is 0 Å². The van der Waals surface area contributed by atoms with E-state index in [9.17, 15) is 28.4 Å². The summed E-state index contributed by atoms with van der Waals surface area (Å²) >= 11 is 0. The van der Waals surface area contributed by atoms with Crippen molar-refractivity contribution < 1.29 is 42.5 Å². The summed E-state index contributed by atoms with van der Waals surface area (Å²) in [6.07, 6.45) is 0. The molecule has 0 aliphatic rings. The molecule has 0 bridgehead atoms. The average molecular weight is 293 g/mol. The highest BCUT2D eigenvalue weighted by atomic mass is 31.3. The second kappa shape index (κ2) is 6.61. The molecule has 1 atom stereocenters. The van der Waals surface area contributed by atoms with Crippen molar-refractivity contribution in [1.82, 2.24) is 0 Å². The SMILES string of the molecule is C=CP(=O)(O)O.C=CP(=O)([O-])OP(=O)([O-])[O-]. The Morgan fingerprint density at radius 1 is 1.00 bits per heavy atom. The normalized spacial score (nSPS) is 15.3. The Labute approximate surface area is 91.0 Å². The van der Waals surface area contributed by atoms with Gasteiger partial charge in [-0.2, -0.15) is 0 Å². The Kier molecular flexibility index (Phi) is 7.56. The van der Waals surface area contributed by atoms with E-state index < -0.39 is 23.0 Å². The monoisotopic (exact) mass is 293 g/mol. The lowest BCUT2D eigenvalue weighted by Gasteiger charge is -2.34. The average Bonchev–Trinajstić information content (AvgIpc) is 2.00. The highest BCUT2D eigenvalue weighted by Gasteiger charge is 2.03. The third kappa shape index (κ3) is 16.4. The van der Waals surface area contributed by atoms with Crippen LogP contribution < -0.4 is 14.7 Å². The molecule has 0 fully saturated rings. The molecule has 12 heteroatoms. The predicted molar refractivity (Wildman–Crippen MR) is 48.7 cm³/mol. The molecular weight excluding hydrogens is 285 g/mol. The molecule has 2 N–H and O–H groups in total. The first-order chi connectivity index (χ1) is 6.83. The number of hydrogen-bond acceptors (Lipinski definition) is 7. The van der Waals surface area contributed by atoms with Gasteiger partial charge in [0.05, 0.1) is 7.82 Å². The Morgan fingerprint density at radius 3 is 1.38 bits per heavy atom. The molecule has 0 aromatic rings. The maximum atomic E-state index is 10.1. The van der Waals surface area contributed by atoms with Crippen LogP contribution in [0.4, 0.5) is 0 Å². The molecule has 0 rings (SSSR count). The summed E-state index contributed by atoms with van der Waals surface area (Å²) in [6, 6.07) is 0. The van der Waals surface area contributed by atoms with Crippen LogP contribution >= 0.6 is 23.0 Å². The van der Waals surface area contributed by atoms with Crippen molar-refractivity contribution in [1.29, 1.82) is 0 Å². The lowest BCUT2D eigenvalue weighted by molar-refractivity contribution is -0.337. The van der Waals surface area contributed by atoms with Crippen LogP contribution in [-0.4, -0.2) is 9.79 Å². The molecular formula is C4H8O9P3-3. The molecule has 0 saturated carbocycles. The molecule has 96 valence electrons. The first-order valence-electron chi connectivity index (χ1n) is 3.19. The summed E-state index contributed by atoms with van der Waals surface area (Å²) in [5.74, 6) is 0.850. The van der Waals surface area contributed by atoms with E-state index in [1.807, 2.05) is 0 Å².